The Morgan fingerprint density at radius 3 is 2.46 bits per heavy atom. The van der Waals surface area contributed by atoms with E-state index < -0.39 is 29.5 Å². The van der Waals surface area contributed by atoms with Crippen LogP contribution in [0.4, 0.5) is 16.3 Å². The van der Waals surface area contributed by atoms with Gasteiger partial charge in [-0.15, -0.1) is 0 Å². The molecule has 0 spiro atoms. The fraction of sp³-hybridized carbons (Fsp3) is 0.222. The van der Waals surface area contributed by atoms with E-state index in [2.05, 4.69) is 20.4 Å². The van der Waals surface area contributed by atoms with Crippen LogP contribution < -0.4 is 16.0 Å². The van der Waals surface area contributed by atoms with E-state index in [1.165, 1.54) is 46.2 Å². The Hall–Kier alpha value is -5.53. The van der Waals surface area contributed by atoms with Crippen LogP contribution in [-0.2, 0) is 4.74 Å². The molecule has 4 aromatic rings. The summed E-state index contributed by atoms with van der Waals surface area (Å²) in [5.41, 5.74) is 5.40. The third-order valence-corrected chi connectivity index (χ3v) is 5.51. The maximum absolute atomic E-state index is 13.0. The van der Waals surface area contributed by atoms with Crippen molar-refractivity contribution < 1.29 is 33.4 Å². The summed E-state index contributed by atoms with van der Waals surface area (Å²) < 4.78 is 12.2. The van der Waals surface area contributed by atoms with Gasteiger partial charge in [0.15, 0.2) is 11.4 Å². The minimum atomic E-state index is -1.09. The molecule has 1 aromatic carbocycles. The molecule has 0 fully saturated rings. The number of benzene rings is 1. The molecule has 3 aromatic heterocycles. The number of nitrogens with one attached hydrogen (secondary N) is 1. The van der Waals surface area contributed by atoms with E-state index in [0.717, 1.165) is 6.26 Å². The van der Waals surface area contributed by atoms with Gasteiger partial charge in [-0.05, 0) is 64.1 Å². The highest BCUT2D eigenvalue weighted by Gasteiger charge is 2.24. The topological polar surface area (TPSA) is 196 Å². The molecule has 0 aliphatic rings. The number of aromatic nitrogens is 4. The van der Waals surface area contributed by atoms with Crippen LogP contribution in [0.25, 0.3) is 17.1 Å². The van der Waals surface area contributed by atoms with E-state index in [1.807, 2.05) is 0 Å². The normalized spacial score (nSPS) is 11.1. The average Bonchev–Trinajstić information content (AvgIpc) is 3.57. The van der Waals surface area contributed by atoms with Crippen LogP contribution in [0, 0.1) is 0 Å². The predicted octanol–water partition coefficient (Wildman–Crippen LogP) is 3.73. The van der Waals surface area contributed by atoms with Crippen molar-refractivity contribution in [1.82, 2.24) is 19.7 Å². The van der Waals surface area contributed by atoms with Gasteiger partial charge in [0, 0.05) is 18.3 Å². The molecule has 0 aliphatic heterocycles. The maximum Gasteiger partial charge on any atom is 0.415 e. The molecule has 41 heavy (non-hydrogen) atoms. The SMILES string of the molecule is CCN(C(=O)OC(C)(C)C)c1cc(-c2nc(C(=O)Nc3cn(-c4ccc(C(=O)O)cc4)nc3C(N)=O)co2)ccn1. The van der Waals surface area contributed by atoms with Crippen LogP contribution in [0.2, 0.25) is 0 Å². The van der Waals surface area contributed by atoms with Gasteiger partial charge in [-0.3, -0.25) is 14.5 Å². The Morgan fingerprint density at radius 1 is 1.15 bits per heavy atom. The summed E-state index contributed by atoms with van der Waals surface area (Å²) in [4.78, 5) is 58.5. The van der Waals surface area contributed by atoms with E-state index in [0.29, 0.717) is 23.6 Å². The molecule has 14 heteroatoms. The monoisotopic (exact) mass is 561 g/mol. The summed E-state index contributed by atoms with van der Waals surface area (Å²) in [5, 5.41) is 15.7. The van der Waals surface area contributed by atoms with Crippen molar-refractivity contribution in [1.29, 1.82) is 0 Å². The molecule has 0 atom stereocenters. The number of hydrogen-bond acceptors (Lipinski definition) is 9. The van der Waals surface area contributed by atoms with E-state index in [-0.39, 0.29) is 28.5 Å². The summed E-state index contributed by atoms with van der Waals surface area (Å²) in [6, 6.07) is 8.90. The molecule has 212 valence electrons. The van der Waals surface area contributed by atoms with Crippen LogP contribution in [0.15, 0.2) is 59.5 Å². The molecule has 4 N–H and O–H groups in total. The standard InChI is InChI=1S/C27H27N7O7/c1-5-33(26(39)41-27(2,3)4)20-12-16(10-11-29-20)24-31-19(14-40-24)23(36)30-18-13-34(32-21(18)22(28)35)17-8-6-15(7-9-17)25(37)38/h6-14H,5H2,1-4H3,(H2,28,35)(H,30,36)(H,37,38). The van der Waals surface area contributed by atoms with E-state index in [9.17, 15) is 19.2 Å². The van der Waals surface area contributed by atoms with Crippen molar-refractivity contribution in [2.45, 2.75) is 33.3 Å². The van der Waals surface area contributed by atoms with Crippen LogP contribution >= 0.6 is 0 Å². The highest BCUT2D eigenvalue weighted by Crippen LogP contribution is 2.25. The molecule has 3 heterocycles. The summed E-state index contributed by atoms with van der Waals surface area (Å²) in [6.45, 7) is 7.36. The molecule has 0 unspecified atom stereocenters. The molecule has 0 bridgehead atoms. The van der Waals surface area contributed by atoms with Gasteiger partial charge in [-0.2, -0.15) is 5.10 Å². The first kappa shape index (κ1) is 28.5. The maximum atomic E-state index is 13.0. The summed E-state index contributed by atoms with van der Waals surface area (Å²) in [6.07, 6.45) is 3.40. The van der Waals surface area contributed by atoms with E-state index in [1.54, 1.807) is 39.8 Å². The molecular formula is C27H27N7O7. The van der Waals surface area contributed by atoms with Gasteiger partial charge in [0.05, 0.1) is 23.1 Å². The molecule has 4 rings (SSSR count). The van der Waals surface area contributed by atoms with Gasteiger partial charge in [-0.1, -0.05) is 0 Å². The number of nitrogens with zero attached hydrogens (tertiary/aromatic N) is 5. The van der Waals surface area contributed by atoms with Crippen LogP contribution in [0.1, 0.15) is 59.0 Å². The molecule has 0 aliphatic carbocycles. The number of carbonyl (C=O) groups excluding carboxylic acids is 3. The van der Waals surface area contributed by atoms with Crippen LogP contribution in [0.5, 0.6) is 0 Å². The van der Waals surface area contributed by atoms with Crippen molar-refractivity contribution in [3.8, 4) is 17.1 Å². The molecule has 0 saturated heterocycles. The molecule has 3 amide bonds. The number of hydrogen-bond donors (Lipinski definition) is 3. The summed E-state index contributed by atoms with van der Waals surface area (Å²) in [5.74, 6) is -2.30. The molecular weight excluding hydrogens is 534 g/mol. The van der Waals surface area contributed by atoms with Gasteiger partial charge >= 0.3 is 12.1 Å². The number of oxazole rings is 1. The number of primary amides is 1. The predicted molar refractivity (Wildman–Crippen MR) is 146 cm³/mol. The lowest BCUT2D eigenvalue weighted by molar-refractivity contribution is 0.0580. The zero-order valence-electron chi connectivity index (χ0n) is 22.6. The lowest BCUT2D eigenvalue weighted by Gasteiger charge is -2.26. The molecule has 0 saturated carbocycles. The van der Waals surface area contributed by atoms with Gasteiger partial charge in [-0.25, -0.2) is 24.2 Å². The van der Waals surface area contributed by atoms with Gasteiger partial charge in [0.25, 0.3) is 11.8 Å². The number of carboxylic acid groups (broad SMARTS) is 1. The zero-order chi connectivity index (χ0) is 29.9. The lowest BCUT2D eigenvalue weighted by atomic mass is 10.2. The summed E-state index contributed by atoms with van der Waals surface area (Å²) >= 11 is 0. The van der Waals surface area contributed by atoms with E-state index >= 15 is 0 Å². The zero-order valence-corrected chi connectivity index (χ0v) is 22.6. The first-order valence-corrected chi connectivity index (χ1v) is 12.3. The van der Waals surface area contributed by atoms with Crippen molar-refractivity contribution in [2.24, 2.45) is 5.73 Å². The highest BCUT2D eigenvalue weighted by atomic mass is 16.6. The van der Waals surface area contributed by atoms with Crippen molar-refractivity contribution in [3.05, 3.63) is 72.0 Å². The van der Waals surface area contributed by atoms with Crippen molar-refractivity contribution in [2.75, 3.05) is 16.8 Å². The summed E-state index contributed by atoms with van der Waals surface area (Å²) in [7, 11) is 0. The number of anilines is 2. The minimum Gasteiger partial charge on any atom is -0.478 e. The number of carboxylic acids is 1. The molecule has 0 radical (unpaired) electrons. The van der Waals surface area contributed by atoms with Gasteiger partial charge in [0.2, 0.25) is 5.89 Å². The Kier molecular flexibility index (Phi) is 7.85. The molecule has 14 nitrogen and oxygen atoms in total. The van der Waals surface area contributed by atoms with Gasteiger partial charge in [0.1, 0.15) is 17.7 Å². The second kappa shape index (κ2) is 11.3. The Balaban J connectivity index is 1.55. The first-order chi connectivity index (χ1) is 19.4. The fourth-order valence-electron chi connectivity index (χ4n) is 3.63. The van der Waals surface area contributed by atoms with Crippen molar-refractivity contribution in [3.63, 3.8) is 0 Å². The second-order valence-corrected chi connectivity index (χ2v) is 9.67. The third kappa shape index (κ3) is 6.55. The Morgan fingerprint density at radius 2 is 1.85 bits per heavy atom. The third-order valence-electron chi connectivity index (χ3n) is 5.51. The highest BCUT2D eigenvalue weighted by molar-refractivity contribution is 6.07. The largest absolute Gasteiger partial charge is 0.478 e. The average molecular weight is 562 g/mol. The lowest BCUT2D eigenvalue weighted by Crippen LogP contribution is -2.37. The number of amides is 3. The van der Waals surface area contributed by atoms with Crippen LogP contribution in [0.3, 0.4) is 0 Å². The van der Waals surface area contributed by atoms with Gasteiger partial charge < -0.3 is 25.3 Å². The number of ether oxygens (including phenoxy) is 1. The number of aromatic carboxylic acids is 1. The fourth-order valence-corrected chi connectivity index (χ4v) is 3.63. The Labute approximate surface area is 233 Å². The minimum absolute atomic E-state index is 0.0107. The number of rotatable bonds is 8. The quantitative estimate of drug-likeness (QED) is 0.285. The van der Waals surface area contributed by atoms with Crippen molar-refractivity contribution >= 4 is 35.4 Å². The smallest absolute Gasteiger partial charge is 0.415 e. The second-order valence-electron chi connectivity index (χ2n) is 9.67. The van der Waals surface area contributed by atoms with E-state index in [4.69, 9.17) is 20.0 Å². The number of pyridine rings is 1. The number of nitrogens with two attached hydrogens (primary N) is 1. The first-order valence-electron chi connectivity index (χ1n) is 12.3. The Bertz CT molecular complexity index is 1620. The number of carbonyl (C=O) groups is 4. The van der Waals surface area contributed by atoms with Crippen LogP contribution in [-0.4, -0.2) is 60.9 Å².